The third-order valence-electron chi connectivity index (χ3n) is 3.64. The molecule has 1 aliphatic rings. The summed E-state index contributed by atoms with van der Waals surface area (Å²) in [4.78, 5) is 13.5. The van der Waals surface area contributed by atoms with Crippen LogP contribution in [0.2, 0.25) is 0 Å². The maximum absolute atomic E-state index is 14.2. The predicted octanol–water partition coefficient (Wildman–Crippen LogP) is 2.89. The van der Waals surface area contributed by atoms with E-state index in [9.17, 15) is 9.18 Å². The lowest BCUT2D eigenvalue weighted by Gasteiger charge is -2.38. The van der Waals surface area contributed by atoms with E-state index in [1.807, 2.05) is 20.8 Å². The van der Waals surface area contributed by atoms with Crippen LogP contribution in [-0.2, 0) is 4.74 Å². The number of halogens is 1. The van der Waals surface area contributed by atoms with Gasteiger partial charge in [0, 0.05) is 26.1 Å². The summed E-state index contributed by atoms with van der Waals surface area (Å²) in [5.74, 6) is 0. The molecule has 0 aromatic carbocycles. The van der Waals surface area contributed by atoms with Crippen molar-refractivity contribution in [3.8, 4) is 0 Å². The lowest BCUT2D eigenvalue weighted by atomic mass is 9.81. The summed E-state index contributed by atoms with van der Waals surface area (Å²) in [7, 11) is 1.70. The molecule has 1 N–H and O–H groups in total. The van der Waals surface area contributed by atoms with Crippen LogP contribution in [0, 0.1) is 0 Å². The van der Waals surface area contributed by atoms with Gasteiger partial charge in [0.05, 0.1) is 0 Å². The van der Waals surface area contributed by atoms with Gasteiger partial charge in [-0.1, -0.05) is 0 Å². The Labute approximate surface area is 114 Å². The predicted molar refractivity (Wildman–Crippen MR) is 71.8 cm³/mol. The lowest BCUT2D eigenvalue weighted by molar-refractivity contribution is 0.00361. The highest BCUT2D eigenvalue weighted by Crippen LogP contribution is 2.36. The van der Waals surface area contributed by atoms with Crippen molar-refractivity contribution in [3.63, 3.8) is 0 Å². The summed E-state index contributed by atoms with van der Waals surface area (Å²) in [6, 6.07) is 0.0254. The first-order valence-electron chi connectivity index (χ1n) is 6.92. The minimum absolute atomic E-state index is 0.0254. The highest BCUT2D eigenvalue weighted by atomic mass is 19.1. The standard InChI is InChI=1S/C14H26FNO3/c1-13(2,3)19-12(18)16(4)11-5-7-14(15,8-6-11)9-10-17/h11,17H,5-10H2,1-4H3. The van der Waals surface area contributed by atoms with E-state index in [-0.39, 0.29) is 25.2 Å². The van der Waals surface area contributed by atoms with Crippen molar-refractivity contribution in [2.75, 3.05) is 13.7 Å². The van der Waals surface area contributed by atoms with Crippen LogP contribution >= 0.6 is 0 Å². The molecule has 1 saturated carbocycles. The maximum Gasteiger partial charge on any atom is 0.410 e. The Morgan fingerprint density at radius 2 is 1.95 bits per heavy atom. The van der Waals surface area contributed by atoms with E-state index >= 15 is 0 Å². The van der Waals surface area contributed by atoms with E-state index in [4.69, 9.17) is 9.84 Å². The zero-order valence-corrected chi connectivity index (χ0v) is 12.4. The lowest BCUT2D eigenvalue weighted by Crippen LogP contribution is -2.45. The molecule has 0 aliphatic heterocycles. The zero-order valence-electron chi connectivity index (χ0n) is 12.4. The number of aliphatic hydroxyl groups excluding tert-OH is 1. The number of amides is 1. The molecule has 5 heteroatoms. The Kier molecular flexibility index (Phi) is 5.18. The van der Waals surface area contributed by atoms with Crippen molar-refractivity contribution < 1.29 is 19.0 Å². The molecule has 0 bridgehead atoms. The molecule has 4 nitrogen and oxygen atoms in total. The van der Waals surface area contributed by atoms with Gasteiger partial charge in [0.25, 0.3) is 0 Å². The quantitative estimate of drug-likeness (QED) is 0.861. The summed E-state index contributed by atoms with van der Waals surface area (Å²) in [6.45, 7) is 5.36. The van der Waals surface area contributed by atoms with Crippen molar-refractivity contribution >= 4 is 6.09 Å². The summed E-state index contributed by atoms with van der Waals surface area (Å²) in [5, 5.41) is 8.85. The summed E-state index contributed by atoms with van der Waals surface area (Å²) in [6.07, 6.45) is 1.86. The van der Waals surface area contributed by atoms with Gasteiger partial charge in [0.2, 0.25) is 0 Å². The Morgan fingerprint density at radius 3 is 2.37 bits per heavy atom. The fraction of sp³-hybridized carbons (Fsp3) is 0.929. The van der Waals surface area contributed by atoms with Crippen molar-refractivity contribution in [1.29, 1.82) is 0 Å². The summed E-state index contributed by atoms with van der Waals surface area (Å²) in [5.41, 5.74) is -1.78. The van der Waals surface area contributed by atoms with Crippen LogP contribution in [0.3, 0.4) is 0 Å². The molecule has 0 heterocycles. The third kappa shape index (κ3) is 4.97. The van der Waals surface area contributed by atoms with Crippen LogP contribution in [0.15, 0.2) is 0 Å². The topological polar surface area (TPSA) is 49.8 Å². The number of alkyl halides is 1. The highest BCUT2D eigenvalue weighted by Gasteiger charge is 2.37. The van der Waals surface area contributed by atoms with Crippen molar-refractivity contribution in [2.45, 2.75) is 70.2 Å². The van der Waals surface area contributed by atoms with Gasteiger partial charge < -0.3 is 14.7 Å². The number of rotatable bonds is 3. The van der Waals surface area contributed by atoms with Crippen LogP contribution in [0.4, 0.5) is 9.18 Å². The molecule has 0 spiro atoms. The van der Waals surface area contributed by atoms with E-state index in [0.717, 1.165) is 0 Å². The molecule has 1 fully saturated rings. The molecule has 1 rings (SSSR count). The number of hydrogen-bond acceptors (Lipinski definition) is 3. The molecule has 112 valence electrons. The van der Waals surface area contributed by atoms with E-state index in [1.165, 1.54) is 0 Å². The Morgan fingerprint density at radius 1 is 1.42 bits per heavy atom. The van der Waals surface area contributed by atoms with Gasteiger partial charge in [-0.15, -0.1) is 0 Å². The molecule has 1 amide bonds. The maximum atomic E-state index is 14.2. The average Bonchev–Trinajstić information content (AvgIpc) is 2.27. The Balaban J connectivity index is 2.49. The van der Waals surface area contributed by atoms with Crippen molar-refractivity contribution in [3.05, 3.63) is 0 Å². The monoisotopic (exact) mass is 275 g/mol. The van der Waals surface area contributed by atoms with E-state index < -0.39 is 11.3 Å². The Hall–Kier alpha value is -0.840. The normalized spacial score (nSPS) is 28.0. The first-order chi connectivity index (χ1) is 8.67. The molecule has 0 radical (unpaired) electrons. The highest BCUT2D eigenvalue weighted by molar-refractivity contribution is 5.68. The largest absolute Gasteiger partial charge is 0.444 e. The van der Waals surface area contributed by atoms with Crippen molar-refractivity contribution in [2.24, 2.45) is 0 Å². The van der Waals surface area contributed by atoms with Crippen LogP contribution in [0.25, 0.3) is 0 Å². The SMILES string of the molecule is CN(C(=O)OC(C)(C)C)C1CCC(F)(CCO)CC1. The molecule has 0 aromatic rings. The van der Waals surface area contributed by atoms with Gasteiger partial charge in [-0.05, 0) is 46.5 Å². The smallest absolute Gasteiger partial charge is 0.410 e. The molecular weight excluding hydrogens is 249 g/mol. The van der Waals surface area contributed by atoms with Crippen molar-refractivity contribution in [1.82, 2.24) is 4.90 Å². The van der Waals surface area contributed by atoms with Gasteiger partial charge in [0.15, 0.2) is 0 Å². The fourth-order valence-corrected chi connectivity index (χ4v) is 2.44. The minimum Gasteiger partial charge on any atom is -0.444 e. The second-order valence-corrected chi connectivity index (χ2v) is 6.45. The van der Waals surface area contributed by atoms with E-state index in [1.54, 1.807) is 11.9 Å². The number of ether oxygens (including phenoxy) is 1. The van der Waals surface area contributed by atoms with Crippen LogP contribution in [-0.4, -0.2) is 47.1 Å². The number of nitrogens with zero attached hydrogens (tertiary/aromatic N) is 1. The molecule has 19 heavy (non-hydrogen) atoms. The zero-order chi connectivity index (χ0) is 14.7. The first-order valence-corrected chi connectivity index (χ1v) is 6.92. The van der Waals surface area contributed by atoms with Crippen LogP contribution in [0.1, 0.15) is 52.9 Å². The first kappa shape index (κ1) is 16.2. The van der Waals surface area contributed by atoms with Gasteiger partial charge in [0.1, 0.15) is 11.3 Å². The molecule has 1 aliphatic carbocycles. The van der Waals surface area contributed by atoms with Gasteiger partial charge in [-0.25, -0.2) is 9.18 Å². The van der Waals surface area contributed by atoms with Gasteiger partial charge in [-0.2, -0.15) is 0 Å². The van der Waals surface area contributed by atoms with E-state index in [0.29, 0.717) is 25.7 Å². The fourth-order valence-electron chi connectivity index (χ4n) is 2.44. The number of carbonyl (C=O) groups excluding carboxylic acids is 1. The number of aliphatic hydroxyl groups is 1. The molecular formula is C14H26FNO3. The van der Waals surface area contributed by atoms with Crippen LogP contribution < -0.4 is 0 Å². The number of carbonyl (C=O) groups is 1. The Bertz CT molecular complexity index is 306. The molecule has 0 saturated heterocycles. The second-order valence-electron chi connectivity index (χ2n) is 6.45. The van der Waals surface area contributed by atoms with Gasteiger partial charge in [-0.3, -0.25) is 0 Å². The molecule has 0 unspecified atom stereocenters. The molecule has 0 atom stereocenters. The van der Waals surface area contributed by atoms with E-state index in [2.05, 4.69) is 0 Å². The number of hydrogen-bond donors (Lipinski definition) is 1. The molecule has 0 aromatic heterocycles. The minimum atomic E-state index is -1.26. The summed E-state index contributed by atoms with van der Waals surface area (Å²) < 4.78 is 19.5. The summed E-state index contributed by atoms with van der Waals surface area (Å²) >= 11 is 0. The third-order valence-corrected chi connectivity index (χ3v) is 3.64. The average molecular weight is 275 g/mol. The van der Waals surface area contributed by atoms with Gasteiger partial charge >= 0.3 is 6.09 Å². The van der Waals surface area contributed by atoms with Crippen LogP contribution in [0.5, 0.6) is 0 Å². The second kappa shape index (κ2) is 6.07.